The van der Waals surface area contributed by atoms with Crippen molar-refractivity contribution in [2.24, 2.45) is 0 Å². The van der Waals surface area contributed by atoms with Crippen LogP contribution in [-0.4, -0.2) is 61.7 Å². The average Bonchev–Trinajstić information content (AvgIpc) is 2.68. The third-order valence-corrected chi connectivity index (χ3v) is 5.61. The summed E-state index contributed by atoms with van der Waals surface area (Å²) in [5, 5.41) is 10.3. The number of ether oxygens (including phenoxy) is 1. The van der Waals surface area contributed by atoms with Crippen molar-refractivity contribution >= 4 is 17.4 Å². The number of methoxy groups -OCH3 is 1. The second kappa shape index (κ2) is 9.13. The van der Waals surface area contributed by atoms with Gasteiger partial charge in [0.2, 0.25) is 0 Å². The first-order valence-corrected chi connectivity index (χ1v) is 9.71. The zero-order chi connectivity index (χ0) is 17.5. The largest absolute Gasteiger partial charge is 0.495 e. The molecule has 0 bridgehead atoms. The third-order valence-electron chi connectivity index (χ3n) is 4.45. The molecule has 4 nitrogen and oxygen atoms in total. The van der Waals surface area contributed by atoms with Crippen LogP contribution in [0, 0.1) is 0 Å². The van der Waals surface area contributed by atoms with Crippen LogP contribution in [0.5, 0.6) is 5.75 Å². The number of hydrogen-bond acceptors (Lipinski definition) is 5. The van der Waals surface area contributed by atoms with Crippen molar-refractivity contribution in [2.75, 3.05) is 50.5 Å². The number of aliphatic hydroxyl groups excluding tert-OH is 1. The molecule has 0 amide bonds. The van der Waals surface area contributed by atoms with Crippen LogP contribution >= 0.6 is 11.8 Å². The minimum atomic E-state index is -0.303. The lowest BCUT2D eigenvalue weighted by molar-refractivity contribution is 0.126. The molecule has 1 saturated heterocycles. The summed E-state index contributed by atoms with van der Waals surface area (Å²) < 4.78 is 5.47. The quantitative estimate of drug-likeness (QED) is 0.770. The zero-order valence-electron chi connectivity index (χ0n) is 14.7. The molecular formula is C20H26N2O2S. The van der Waals surface area contributed by atoms with Crippen LogP contribution in [-0.2, 0) is 0 Å². The molecule has 134 valence electrons. The smallest absolute Gasteiger partial charge is 0.142 e. The summed E-state index contributed by atoms with van der Waals surface area (Å²) in [4.78, 5) is 5.92. The first kappa shape index (κ1) is 18.1. The van der Waals surface area contributed by atoms with Gasteiger partial charge in [0.25, 0.3) is 0 Å². The third kappa shape index (κ3) is 5.14. The lowest BCUT2D eigenvalue weighted by Crippen LogP contribution is -2.49. The van der Waals surface area contributed by atoms with Crippen molar-refractivity contribution in [3.63, 3.8) is 0 Å². The lowest BCUT2D eigenvalue weighted by Gasteiger charge is -2.37. The molecule has 1 N–H and O–H groups in total. The topological polar surface area (TPSA) is 35.9 Å². The van der Waals surface area contributed by atoms with Crippen LogP contribution in [0.2, 0.25) is 0 Å². The number of para-hydroxylation sites is 2. The number of hydrogen-bond donors (Lipinski definition) is 1. The van der Waals surface area contributed by atoms with E-state index in [1.807, 2.05) is 30.3 Å². The molecule has 1 heterocycles. The van der Waals surface area contributed by atoms with E-state index in [1.165, 1.54) is 4.90 Å². The normalized spacial score (nSPS) is 16.6. The van der Waals surface area contributed by atoms with Gasteiger partial charge in [-0.05, 0) is 24.3 Å². The number of aliphatic hydroxyl groups is 1. The van der Waals surface area contributed by atoms with E-state index in [-0.39, 0.29) is 6.10 Å². The molecule has 0 radical (unpaired) electrons. The number of β-amino-alcohol motifs (C(OH)–C–C–N with tert-alkyl or cyclic N) is 1. The summed E-state index contributed by atoms with van der Waals surface area (Å²) in [5.41, 5.74) is 1.16. The number of nitrogens with zero attached hydrogens (tertiary/aromatic N) is 2. The molecule has 0 aromatic heterocycles. The zero-order valence-corrected chi connectivity index (χ0v) is 15.5. The van der Waals surface area contributed by atoms with Crippen molar-refractivity contribution in [1.82, 2.24) is 4.90 Å². The average molecular weight is 359 g/mol. The van der Waals surface area contributed by atoms with E-state index in [1.54, 1.807) is 18.9 Å². The van der Waals surface area contributed by atoms with Gasteiger partial charge in [-0.15, -0.1) is 11.8 Å². The highest BCUT2D eigenvalue weighted by Gasteiger charge is 2.21. The predicted octanol–water partition coefficient (Wildman–Crippen LogP) is 2.97. The minimum Gasteiger partial charge on any atom is -0.495 e. The highest BCUT2D eigenvalue weighted by Crippen LogP contribution is 2.28. The Kier molecular flexibility index (Phi) is 6.62. The molecule has 0 aliphatic carbocycles. The van der Waals surface area contributed by atoms with E-state index < -0.39 is 0 Å². The standard InChI is InChI=1S/C20H26N2O2S/c1-24-20-10-6-5-9-19(20)22-13-11-21(12-14-22)15-17(23)16-25-18-7-3-2-4-8-18/h2-10,17,23H,11-16H2,1H3/t17-/m1/s1. The van der Waals surface area contributed by atoms with E-state index in [0.717, 1.165) is 49.9 Å². The van der Waals surface area contributed by atoms with Crippen molar-refractivity contribution in [2.45, 2.75) is 11.0 Å². The van der Waals surface area contributed by atoms with E-state index in [9.17, 15) is 5.11 Å². The lowest BCUT2D eigenvalue weighted by atomic mass is 10.2. The Morgan fingerprint density at radius 3 is 2.40 bits per heavy atom. The van der Waals surface area contributed by atoms with E-state index >= 15 is 0 Å². The number of anilines is 1. The molecule has 2 aromatic carbocycles. The molecular weight excluding hydrogens is 332 g/mol. The van der Waals surface area contributed by atoms with Gasteiger partial charge in [-0.2, -0.15) is 0 Å². The molecule has 25 heavy (non-hydrogen) atoms. The maximum absolute atomic E-state index is 10.3. The Hall–Kier alpha value is -1.69. The van der Waals surface area contributed by atoms with Gasteiger partial charge in [-0.25, -0.2) is 0 Å². The molecule has 0 saturated carbocycles. The fourth-order valence-electron chi connectivity index (χ4n) is 3.12. The summed E-state index contributed by atoms with van der Waals surface area (Å²) in [6.45, 7) is 4.58. The first-order chi connectivity index (χ1) is 12.3. The van der Waals surface area contributed by atoms with Crippen LogP contribution in [0.15, 0.2) is 59.5 Å². The first-order valence-electron chi connectivity index (χ1n) is 8.72. The van der Waals surface area contributed by atoms with Crippen LogP contribution in [0.1, 0.15) is 0 Å². The second-order valence-corrected chi connectivity index (χ2v) is 7.33. The monoisotopic (exact) mass is 358 g/mol. The Balaban J connectivity index is 1.44. The maximum atomic E-state index is 10.3. The molecule has 0 spiro atoms. The van der Waals surface area contributed by atoms with E-state index in [0.29, 0.717) is 0 Å². The number of rotatable bonds is 7. The highest BCUT2D eigenvalue weighted by atomic mass is 32.2. The van der Waals surface area contributed by atoms with E-state index in [4.69, 9.17) is 4.74 Å². The Labute approximate surface area is 154 Å². The predicted molar refractivity (Wildman–Crippen MR) is 105 cm³/mol. The Morgan fingerprint density at radius 2 is 1.68 bits per heavy atom. The Bertz CT molecular complexity index is 645. The number of piperazine rings is 1. The number of benzene rings is 2. The van der Waals surface area contributed by atoms with E-state index in [2.05, 4.69) is 34.1 Å². The van der Waals surface area contributed by atoms with Gasteiger partial charge in [0.1, 0.15) is 5.75 Å². The summed E-state index contributed by atoms with van der Waals surface area (Å²) in [7, 11) is 1.72. The van der Waals surface area contributed by atoms with Crippen molar-refractivity contribution in [3.8, 4) is 5.75 Å². The Morgan fingerprint density at radius 1 is 1.00 bits per heavy atom. The van der Waals surface area contributed by atoms with Gasteiger partial charge < -0.3 is 14.7 Å². The highest BCUT2D eigenvalue weighted by molar-refractivity contribution is 7.99. The summed E-state index contributed by atoms with van der Waals surface area (Å²) >= 11 is 1.72. The summed E-state index contributed by atoms with van der Waals surface area (Å²) in [6.07, 6.45) is -0.303. The fraction of sp³-hybridized carbons (Fsp3) is 0.400. The van der Waals surface area contributed by atoms with Crippen LogP contribution in [0.25, 0.3) is 0 Å². The summed E-state index contributed by atoms with van der Waals surface area (Å²) in [6, 6.07) is 18.4. The molecule has 1 atom stereocenters. The van der Waals surface area contributed by atoms with Crippen molar-refractivity contribution < 1.29 is 9.84 Å². The second-order valence-electron chi connectivity index (χ2n) is 6.24. The van der Waals surface area contributed by atoms with Gasteiger partial charge in [-0.1, -0.05) is 30.3 Å². The molecule has 1 fully saturated rings. The number of thioether (sulfide) groups is 1. The van der Waals surface area contributed by atoms with Crippen molar-refractivity contribution in [1.29, 1.82) is 0 Å². The molecule has 1 aliphatic rings. The molecule has 1 aliphatic heterocycles. The van der Waals surface area contributed by atoms with Gasteiger partial charge in [0.05, 0.1) is 18.9 Å². The van der Waals surface area contributed by atoms with Crippen molar-refractivity contribution in [3.05, 3.63) is 54.6 Å². The molecule has 0 unspecified atom stereocenters. The van der Waals surface area contributed by atoms with Gasteiger partial charge >= 0.3 is 0 Å². The molecule has 5 heteroatoms. The SMILES string of the molecule is COc1ccccc1N1CCN(C[C@@H](O)CSc2ccccc2)CC1. The van der Waals surface area contributed by atoms with Crippen LogP contribution < -0.4 is 9.64 Å². The molecule has 3 rings (SSSR count). The maximum Gasteiger partial charge on any atom is 0.142 e. The summed E-state index contributed by atoms with van der Waals surface area (Å²) in [5.74, 6) is 1.66. The van der Waals surface area contributed by atoms with Crippen LogP contribution in [0.3, 0.4) is 0 Å². The van der Waals surface area contributed by atoms with Crippen LogP contribution in [0.4, 0.5) is 5.69 Å². The molecule has 2 aromatic rings. The fourth-order valence-corrected chi connectivity index (χ4v) is 3.96. The van der Waals surface area contributed by atoms with Gasteiger partial charge in [0.15, 0.2) is 0 Å². The van der Waals surface area contributed by atoms with Gasteiger partial charge in [0, 0.05) is 43.4 Å². The van der Waals surface area contributed by atoms with Gasteiger partial charge in [-0.3, -0.25) is 4.90 Å². The minimum absolute atomic E-state index is 0.303.